The van der Waals surface area contributed by atoms with Crippen molar-refractivity contribution in [3.8, 4) is 5.69 Å². The molecule has 1 atom stereocenters. The Morgan fingerprint density at radius 2 is 1.73 bits per heavy atom. The average Bonchev–Trinajstić information content (AvgIpc) is 3.19. The summed E-state index contributed by atoms with van der Waals surface area (Å²) in [5.41, 5.74) is 7.83. The average molecular weight is 449 g/mol. The molecule has 0 spiro atoms. The number of benzene rings is 2. The van der Waals surface area contributed by atoms with E-state index in [1.54, 1.807) is 61.5 Å². The van der Waals surface area contributed by atoms with Crippen molar-refractivity contribution in [3.05, 3.63) is 83.2 Å². The van der Waals surface area contributed by atoms with E-state index in [9.17, 15) is 19.2 Å². The van der Waals surface area contributed by atoms with Crippen LogP contribution in [0.4, 0.5) is 4.79 Å². The Kier molecular flexibility index (Phi) is 7.19. The van der Waals surface area contributed by atoms with E-state index in [1.165, 1.54) is 4.68 Å². The number of ketones is 1. The van der Waals surface area contributed by atoms with Gasteiger partial charge < -0.3 is 21.5 Å². The van der Waals surface area contributed by atoms with Gasteiger partial charge >= 0.3 is 6.09 Å². The first-order valence-electron chi connectivity index (χ1n) is 10.1. The fourth-order valence-corrected chi connectivity index (χ4v) is 3.30. The summed E-state index contributed by atoms with van der Waals surface area (Å²) in [7, 11) is 0. The molecule has 3 amide bonds. The van der Waals surface area contributed by atoms with Gasteiger partial charge in [-0.25, -0.2) is 9.48 Å². The number of Topliss-reactive ketones (excluding diaryl/α,β-unsaturated/α-hetero) is 1. The van der Waals surface area contributed by atoms with Crippen LogP contribution in [0, 0.1) is 6.92 Å². The number of nitrogens with one attached hydrogen (secondary N) is 2. The number of nitrogens with zero attached hydrogens (tertiary/aromatic N) is 2. The predicted molar refractivity (Wildman–Crippen MR) is 119 cm³/mol. The molecule has 1 aromatic heterocycles. The van der Waals surface area contributed by atoms with Crippen molar-refractivity contribution in [2.75, 3.05) is 0 Å². The topological polar surface area (TPSA) is 156 Å². The maximum Gasteiger partial charge on any atom is 0.404 e. The number of rotatable bonds is 9. The molecule has 0 radical (unpaired) electrons. The highest BCUT2D eigenvalue weighted by Gasteiger charge is 2.27. The smallest absolute Gasteiger partial charge is 0.404 e. The van der Waals surface area contributed by atoms with Crippen LogP contribution < -0.4 is 16.4 Å². The van der Waals surface area contributed by atoms with Crippen molar-refractivity contribution in [2.24, 2.45) is 5.73 Å². The molecule has 170 valence electrons. The van der Waals surface area contributed by atoms with E-state index in [-0.39, 0.29) is 18.7 Å². The predicted octanol–water partition coefficient (Wildman–Crippen LogP) is 1.34. The second-order valence-corrected chi connectivity index (χ2v) is 7.36. The van der Waals surface area contributed by atoms with Crippen LogP contribution in [0.2, 0.25) is 0 Å². The molecule has 2 aromatic carbocycles. The number of carboxylic acid groups (broad SMARTS) is 1. The van der Waals surface area contributed by atoms with E-state index in [2.05, 4.69) is 15.7 Å². The van der Waals surface area contributed by atoms with Gasteiger partial charge in [-0.2, -0.15) is 5.10 Å². The van der Waals surface area contributed by atoms with Crippen LogP contribution in [0.5, 0.6) is 0 Å². The van der Waals surface area contributed by atoms with Crippen LogP contribution in [0.3, 0.4) is 0 Å². The normalized spacial score (nSPS) is 11.4. The molecule has 5 N–H and O–H groups in total. The summed E-state index contributed by atoms with van der Waals surface area (Å²) in [6.07, 6.45) is -1.06. The van der Waals surface area contributed by atoms with Crippen LogP contribution in [-0.4, -0.2) is 44.6 Å². The fourth-order valence-electron chi connectivity index (χ4n) is 3.30. The molecule has 0 aliphatic heterocycles. The summed E-state index contributed by atoms with van der Waals surface area (Å²) in [4.78, 5) is 47.8. The number of aromatic nitrogens is 2. The Labute approximate surface area is 189 Å². The van der Waals surface area contributed by atoms with Crippen molar-refractivity contribution in [1.29, 1.82) is 0 Å². The van der Waals surface area contributed by atoms with Crippen molar-refractivity contribution in [1.82, 2.24) is 20.4 Å². The van der Waals surface area contributed by atoms with E-state index in [4.69, 9.17) is 10.8 Å². The van der Waals surface area contributed by atoms with Crippen LogP contribution in [0.1, 0.15) is 27.3 Å². The lowest BCUT2D eigenvalue weighted by Gasteiger charge is -2.17. The minimum Gasteiger partial charge on any atom is -0.465 e. The lowest BCUT2D eigenvalue weighted by Crippen LogP contribution is -2.47. The quantitative estimate of drug-likeness (QED) is 0.361. The minimum atomic E-state index is -1.15. The van der Waals surface area contributed by atoms with E-state index >= 15 is 0 Å². The molecule has 3 aromatic rings. The van der Waals surface area contributed by atoms with Gasteiger partial charge in [-0.15, -0.1) is 0 Å². The third kappa shape index (κ3) is 6.03. The first kappa shape index (κ1) is 23.2. The highest BCUT2D eigenvalue weighted by Crippen LogP contribution is 2.15. The Morgan fingerprint density at radius 3 is 2.39 bits per heavy atom. The Hall–Kier alpha value is -4.47. The second kappa shape index (κ2) is 10.2. The van der Waals surface area contributed by atoms with Crippen LogP contribution in [0.25, 0.3) is 5.69 Å². The van der Waals surface area contributed by atoms with Crippen molar-refractivity contribution >= 4 is 23.7 Å². The molecular weight excluding hydrogens is 426 g/mol. The summed E-state index contributed by atoms with van der Waals surface area (Å²) in [5, 5.41) is 18.0. The van der Waals surface area contributed by atoms with Gasteiger partial charge in [-0.3, -0.25) is 14.4 Å². The number of carbonyl (C=O) groups excluding carboxylic acids is 3. The third-order valence-electron chi connectivity index (χ3n) is 4.81. The highest BCUT2D eigenvalue weighted by molar-refractivity contribution is 6.38. The van der Waals surface area contributed by atoms with Crippen molar-refractivity contribution < 1.29 is 24.3 Å². The Bertz CT molecular complexity index is 1190. The van der Waals surface area contributed by atoms with E-state index < -0.39 is 29.7 Å². The molecule has 0 saturated carbocycles. The van der Waals surface area contributed by atoms with Gasteiger partial charge in [0.2, 0.25) is 5.78 Å². The standard InChI is InChI=1S/C23H23N5O5/c1-14-10-19(28(27-14)17-9-5-8-16(11-17)13-25-23(32)33)22(31)26-18(20(29)21(24)30)12-15-6-3-2-4-7-15/h2-11,18,25H,12-13H2,1H3,(H2,24,30)(H,26,31)(H,32,33)/t18-/m0/s1. The van der Waals surface area contributed by atoms with Crippen LogP contribution in [0.15, 0.2) is 60.7 Å². The maximum atomic E-state index is 13.1. The van der Waals surface area contributed by atoms with Gasteiger partial charge in [0.1, 0.15) is 11.7 Å². The first-order valence-corrected chi connectivity index (χ1v) is 10.1. The molecule has 0 unspecified atom stereocenters. The third-order valence-corrected chi connectivity index (χ3v) is 4.81. The summed E-state index contributed by atoms with van der Waals surface area (Å²) >= 11 is 0. The molecular formula is C23H23N5O5. The zero-order valence-corrected chi connectivity index (χ0v) is 17.8. The second-order valence-electron chi connectivity index (χ2n) is 7.36. The fraction of sp³-hybridized carbons (Fsp3) is 0.174. The number of nitrogens with two attached hydrogens (primary N) is 1. The van der Waals surface area contributed by atoms with Gasteiger partial charge in [-0.05, 0) is 36.2 Å². The molecule has 0 bridgehead atoms. The number of amides is 3. The molecule has 10 nitrogen and oxygen atoms in total. The zero-order chi connectivity index (χ0) is 24.0. The Balaban J connectivity index is 1.88. The maximum absolute atomic E-state index is 13.1. The van der Waals surface area contributed by atoms with Gasteiger partial charge in [0.05, 0.1) is 11.4 Å². The van der Waals surface area contributed by atoms with Crippen molar-refractivity contribution in [3.63, 3.8) is 0 Å². The molecule has 3 rings (SSSR count). The summed E-state index contributed by atoms with van der Waals surface area (Å²) in [5.74, 6) is -2.66. The van der Waals surface area contributed by atoms with Crippen LogP contribution >= 0.6 is 0 Å². The summed E-state index contributed by atoms with van der Waals surface area (Å²) in [6, 6.07) is 16.2. The lowest BCUT2D eigenvalue weighted by atomic mass is 10.0. The molecule has 0 aliphatic rings. The number of primary amides is 1. The lowest BCUT2D eigenvalue weighted by molar-refractivity contribution is -0.137. The molecule has 0 aliphatic carbocycles. The molecule has 0 fully saturated rings. The SMILES string of the molecule is Cc1cc(C(=O)N[C@@H](Cc2ccccc2)C(=O)C(N)=O)n(-c2cccc(CNC(=O)O)c2)n1. The van der Waals surface area contributed by atoms with E-state index in [0.29, 0.717) is 16.9 Å². The number of aryl methyl sites for hydroxylation is 1. The monoisotopic (exact) mass is 449 g/mol. The largest absolute Gasteiger partial charge is 0.465 e. The number of hydrogen-bond acceptors (Lipinski definition) is 5. The summed E-state index contributed by atoms with van der Waals surface area (Å²) in [6.45, 7) is 1.79. The van der Waals surface area contributed by atoms with Gasteiger partial charge in [0, 0.05) is 13.0 Å². The van der Waals surface area contributed by atoms with Gasteiger partial charge in [0.15, 0.2) is 0 Å². The highest BCUT2D eigenvalue weighted by atomic mass is 16.4. The summed E-state index contributed by atoms with van der Waals surface area (Å²) < 4.78 is 1.39. The van der Waals surface area contributed by atoms with E-state index in [0.717, 1.165) is 5.56 Å². The molecule has 33 heavy (non-hydrogen) atoms. The first-order chi connectivity index (χ1) is 15.7. The number of carbonyl (C=O) groups is 4. The van der Waals surface area contributed by atoms with Crippen molar-refractivity contribution in [2.45, 2.75) is 25.9 Å². The minimum absolute atomic E-state index is 0.0806. The van der Waals surface area contributed by atoms with Gasteiger partial charge in [-0.1, -0.05) is 42.5 Å². The molecule has 0 saturated heterocycles. The number of hydrogen-bond donors (Lipinski definition) is 4. The molecule has 10 heteroatoms. The van der Waals surface area contributed by atoms with E-state index in [1.807, 2.05) is 6.07 Å². The van der Waals surface area contributed by atoms with Gasteiger partial charge in [0.25, 0.3) is 11.8 Å². The zero-order valence-electron chi connectivity index (χ0n) is 17.8. The Morgan fingerprint density at radius 1 is 1.03 bits per heavy atom. The molecule has 1 heterocycles. The van der Waals surface area contributed by atoms with Crippen LogP contribution in [-0.2, 0) is 22.6 Å².